The molecule has 36 heavy (non-hydrogen) atoms. The Labute approximate surface area is 237 Å². The number of thioether (sulfide) groups is 1. The fourth-order valence-corrected chi connectivity index (χ4v) is 6.29. The first-order valence-electron chi connectivity index (χ1n) is 10.3. The lowest BCUT2D eigenvalue weighted by Gasteiger charge is -2.12. The highest BCUT2D eigenvalue weighted by atomic mass is 127. The Morgan fingerprint density at radius 3 is 2.58 bits per heavy atom. The van der Waals surface area contributed by atoms with Crippen LogP contribution in [0.25, 0.3) is 6.08 Å². The van der Waals surface area contributed by atoms with Crippen molar-refractivity contribution in [3.8, 4) is 11.8 Å². The van der Waals surface area contributed by atoms with Gasteiger partial charge in [-0.3, -0.25) is 14.5 Å². The Bertz CT molecular complexity index is 1420. The number of rotatable bonds is 7. The molecule has 1 aliphatic heterocycles. The van der Waals surface area contributed by atoms with Crippen molar-refractivity contribution in [1.29, 1.82) is 5.26 Å². The molecule has 3 aromatic rings. The fraction of sp³-hybridized carbons (Fsp3) is 0.120. The largest absolute Gasteiger partial charge is 0.487 e. The van der Waals surface area contributed by atoms with Crippen LogP contribution in [-0.2, 0) is 22.7 Å². The second kappa shape index (κ2) is 11.5. The molecule has 1 fully saturated rings. The minimum absolute atomic E-state index is 0.00224. The number of halogens is 2. The van der Waals surface area contributed by atoms with Gasteiger partial charge in [0.25, 0.3) is 11.1 Å². The van der Waals surface area contributed by atoms with Crippen LogP contribution in [0.15, 0.2) is 57.9 Å². The first-order chi connectivity index (χ1) is 17.3. The van der Waals surface area contributed by atoms with Gasteiger partial charge in [0.2, 0.25) is 5.76 Å². The summed E-state index contributed by atoms with van der Waals surface area (Å²) in [6.07, 6.45) is 1.66. The number of amides is 2. The molecule has 0 aliphatic carbocycles. The molecule has 2 amide bonds. The van der Waals surface area contributed by atoms with E-state index in [1.807, 2.05) is 24.3 Å². The smallest absolute Gasteiger partial charge is 0.373 e. The van der Waals surface area contributed by atoms with Crippen LogP contribution in [0.1, 0.15) is 33.0 Å². The van der Waals surface area contributed by atoms with E-state index in [1.165, 1.54) is 19.2 Å². The number of hydrogen-bond donors (Lipinski definition) is 0. The molecule has 0 unspecified atom stereocenters. The molecular weight excluding hydrogens is 710 g/mol. The van der Waals surface area contributed by atoms with E-state index in [2.05, 4.69) is 56.0 Å². The summed E-state index contributed by atoms with van der Waals surface area (Å²) < 4.78 is 17.6. The Kier molecular flexibility index (Phi) is 8.37. The third-order valence-electron chi connectivity index (χ3n) is 5.06. The van der Waals surface area contributed by atoms with Gasteiger partial charge >= 0.3 is 5.97 Å². The molecule has 1 aliphatic rings. The SMILES string of the molecule is COC(=O)c1ccc(CN2C(=O)S/C(=C/c3cc(I)c(OCc4ccccc4C#N)c(I)c3)C2=O)o1. The summed E-state index contributed by atoms with van der Waals surface area (Å²) in [6, 6.07) is 16.1. The molecule has 0 atom stereocenters. The summed E-state index contributed by atoms with van der Waals surface area (Å²) in [7, 11) is 1.24. The van der Waals surface area contributed by atoms with Crippen LogP contribution < -0.4 is 4.74 Å². The van der Waals surface area contributed by atoms with Crippen LogP contribution in [0.4, 0.5) is 4.79 Å². The molecule has 0 N–H and O–H groups in total. The van der Waals surface area contributed by atoms with E-state index < -0.39 is 17.1 Å². The zero-order valence-corrected chi connectivity index (χ0v) is 23.7. The number of nitriles is 1. The maximum atomic E-state index is 12.9. The maximum Gasteiger partial charge on any atom is 0.373 e. The number of imide groups is 1. The zero-order chi connectivity index (χ0) is 25.8. The zero-order valence-electron chi connectivity index (χ0n) is 18.6. The van der Waals surface area contributed by atoms with Crippen molar-refractivity contribution in [1.82, 2.24) is 4.90 Å². The van der Waals surface area contributed by atoms with Gasteiger partial charge in [-0.15, -0.1) is 0 Å². The summed E-state index contributed by atoms with van der Waals surface area (Å²) in [5.74, 6) is -0.116. The highest BCUT2D eigenvalue weighted by Crippen LogP contribution is 2.36. The third-order valence-corrected chi connectivity index (χ3v) is 7.57. The first-order valence-corrected chi connectivity index (χ1v) is 13.3. The predicted molar refractivity (Wildman–Crippen MR) is 149 cm³/mol. The van der Waals surface area contributed by atoms with Gasteiger partial charge in [0, 0.05) is 5.56 Å². The van der Waals surface area contributed by atoms with Gasteiger partial charge in [0.1, 0.15) is 18.1 Å². The minimum Gasteiger partial charge on any atom is -0.487 e. The Morgan fingerprint density at radius 2 is 1.89 bits per heavy atom. The number of benzene rings is 2. The molecular formula is C25H16I2N2O6S. The van der Waals surface area contributed by atoms with Crippen molar-refractivity contribution in [2.24, 2.45) is 0 Å². The summed E-state index contributed by atoms with van der Waals surface area (Å²) in [5.41, 5.74) is 2.09. The van der Waals surface area contributed by atoms with Crippen molar-refractivity contribution >= 4 is 80.1 Å². The Hall–Kier alpha value is -2.83. The number of carbonyl (C=O) groups excluding carboxylic acids is 3. The molecule has 2 heterocycles. The van der Waals surface area contributed by atoms with Gasteiger partial charge in [-0.05, 0) is 98.9 Å². The summed E-state index contributed by atoms with van der Waals surface area (Å²) in [4.78, 5) is 38.3. The van der Waals surface area contributed by atoms with Gasteiger partial charge in [0.05, 0.1) is 37.3 Å². The number of esters is 1. The summed E-state index contributed by atoms with van der Waals surface area (Å²) in [6.45, 7) is 0.156. The quantitative estimate of drug-likeness (QED) is 0.167. The van der Waals surface area contributed by atoms with Crippen LogP contribution in [0.5, 0.6) is 5.75 Å². The molecule has 2 aromatic carbocycles. The number of ether oxygens (including phenoxy) is 2. The standard InChI is InChI=1S/C25H16I2N2O6S/c1-33-24(31)20-7-6-17(35-20)12-29-23(30)21(36-25(29)32)10-14-8-18(26)22(19(27)9-14)34-13-16-5-3-2-4-15(16)11-28/h2-10H,12-13H2,1H3/b21-10+. The van der Waals surface area contributed by atoms with E-state index >= 15 is 0 Å². The van der Waals surface area contributed by atoms with E-state index in [1.54, 1.807) is 18.2 Å². The van der Waals surface area contributed by atoms with Gasteiger partial charge < -0.3 is 13.9 Å². The molecule has 0 spiro atoms. The van der Waals surface area contributed by atoms with Crippen molar-refractivity contribution in [3.63, 3.8) is 0 Å². The van der Waals surface area contributed by atoms with Gasteiger partial charge in [-0.2, -0.15) is 5.26 Å². The van der Waals surface area contributed by atoms with E-state index in [9.17, 15) is 19.6 Å². The maximum absolute atomic E-state index is 12.9. The Balaban J connectivity index is 1.49. The first kappa shape index (κ1) is 26.2. The van der Waals surface area contributed by atoms with Crippen LogP contribution in [0.3, 0.4) is 0 Å². The molecule has 182 valence electrons. The summed E-state index contributed by atoms with van der Waals surface area (Å²) >= 11 is 5.15. The fourth-order valence-electron chi connectivity index (χ4n) is 3.32. The molecule has 0 saturated carbocycles. The van der Waals surface area contributed by atoms with E-state index in [0.29, 0.717) is 17.1 Å². The lowest BCUT2D eigenvalue weighted by atomic mass is 10.1. The van der Waals surface area contributed by atoms with Crippen LogP contribution in [0, 0.1) is 18.5 Å². The normalized spacial score (nSPS) is 14.3. The molecule has 0 bridgehead atoms. The van der Waals surface area contributed by atoms with E-state index in [4.69, 9.17) is 9.15 Å². The minimum atomic E-state index is -0.638. The average molecular weight is 726 g/mol. The Morgan fingerprint density at radius 1 is 1.17 bits per heavy atom. The van der Waals surface area contributed by atoms with Crippen LogP contribution >= 0.6 is 56.9 Å². The molecule has 4 rings (SSSR count). The van der Waals surface area contributed by atoms with E-state index in [-0.39, 0.29) is 23.8 Å². The lowest BCUT2D eigenvalue weighted by molar-refractivity contribution is -0.123. The van der Waals surface area contributed by atoms with Gasteiger partial charge in [0.15, 0.2) is 0 Å². The number of furan rings is 1. The monoisotopic (exact) mass is 726 g/mol. The predicted octanol–water partition coefficient (Wildman–Crippen LogP) is 5.96. The molecule has 11 heteroatoms. The number of carbonyl (C=O) groups is 3. The summed E-state index contributed by atoms with van der Waals surface area (Å²) in [5, 5.41) is 8.85. The van der Waals surface area contributed by atoms with E-state index in [0.717, 1.165) is 34.9 Å². The molecule has 8 nitrogen and oxygen atoms in total. The van der Waals surface area contributed by atoms with Crippen molar-refractivity contribution in [2.75, 3.05) is 7.11 Å². The van der Waals surface area contributed by atoms with Crippen molar-refractivity contribution in [2.45, 2.75) is 13.2 Å². The lowest BCUT2D eigenvalue weighted by Crippen LogP contribution is -2.27. The average Bonchev–Trinajstić information content (AvgIpc) is 3.43. The second-order valence-electron chi connectivity index (χ2n) is 7.40. The molecule has 1 aromatic heterocycles. The second-order valence-corrected chi connectivity index (χ2v) is 10.7. The number of hydrogen-bond acceptors (Lipinski definition) is 8. The van der Waals surface area contributed by atoms with Gasteiger partial charge in [-0.1, -0.05) is 18.2 Å². The highest BCUT2D eigenvalue weighted by molar-refractivity contribution is 14.1. The molecule has 0 radical (unpaired) electrons. The van der Waals surface area contributed by atoms with Crippen molar-refractivity contribution < 1.29 is 28.3 Å². The number of nitrogens with zero attached hydrogens (tertiary/aromatic N) is 2. The third kappa shape index (κ3) is 5.76. The van der Waals surface area contributed by atoms with Crippen LogP contribution in [-0.4, -0.2) is 29.1 Å². The topological polar surface area (TPSA) is 110 Å². The highest BCUT2D eigenvalue weighted by Gasteiger charge is 2.36. The van der Waals surface area contributed by atoms with Crippen LogP contribution in [0.2, 0.25) is 0 Å². The van der Waals surface area contributed by atoms with Gasteiger partial charge in [-0.25, -0.2) is 4.79 Å². The van der Waals surface area contributed by atoms with Crippen molar-refractivity contribution in [3.05, 3.63) is 88.8 Å². The molecule has 1 saturated heterocycles. The number of methoxy groups -OCH3 is 1.